The highest BCUT2D eigenvalue weighted by Gasteiger charge is 2.24. The van der Waals surface area contributed by atoms with Crippen molar-refractivity contribution in [1.82, 2.24) is 15.0 Å². The van der Waals surface area contributed by atoms with Crippen molar-refractivity contribution in [3.05, 3.63) is 36.0 Å². The Hall–Kier alpha value is -1.75. The minimum Gasteiger partial charge on any atom is -0.339 e. The minimum absolute atomic E-state index is 0.296. The molecule has 0 amide bonds. The van der Waals surface area contributed by atoms with Crippen LogP contribution in [-0.2, 0) is 0 Å². The van der Waals surface area contributed by atoms with Gasteiger partial charge in [-0.15, -0.1) is 0 Å². The molecule has 0 bridgehead atoms. The summed E-state index contributed by atoms with van der Waals surface area (Å²) in [5.41, 5.74) is 0.394. The number of nitrogens with zero attached hydrogens (tertiary/aromatic N) is 3. The van der Waals surface area contributed by atoms with E-state index in [1.807, 2.05) is 0 Å². The Labute approximate surface area is 111 Å². The van der Waals surface area contributed by atoms with Gasteiger partial charge in [0.15, 0.2) is 0 Å². The Morgan fingerprint density at radius 3 is 2.74 bits per heavy atom. The molecule has 0 atom stereocenters. The van der Waals surface area contributed by atoms with E-state index >= 15 is 0 Å². The van der Waals surface area contributed by atoms with Gasteiger partial charge < -0.3 is 9.42 Å². The zero-order chi connectivity index (χ0) is 13.2. The molecule has 1 fully saturated rings. The van der Waals surface area contributed by atoms with Crippen LogP contribution in [0.2, 0.25) is 0 Å². The number of rotatable bonds is 2. The summed E-state index contributed by atoms with van der Waals surface area (Å²) in [7, 11) is 2.11. The number of piperidine rings is 1. The van der Waals surface area contributed by atoms with Gasteiger partial charge in [-0.25, -0.2) is 4.39 Å². The van der Waals surface area contributed by atoms with Crippen molar-refractivity contribution in [2.24, 2.45) is 0 Å². The van der Waals surface area contributed by atoms with E-state index in [4.69, 9.17) is 4.52 Å². The first-order valence-corrected chi connectivity index (χ1v) is 6.51. The Morgan fingerprint density at radius 2 is 2.00 bits per heavy atom. The summed E-state index contributed by atoms with van der Waals surface area (Å²) in [4.78, 5) is 6.64. The summed E-state index contributed by atoms with van der Waals surface area (Å²) in [6.45, 7) is 2.06. The lowest BCUT2D eigenvalue weighted by molar-refractivity contribution is 0.227. The molecule has 0 radical (unpaired) electrons. The summed E-state index contributed by atoms with van der Waals surface area (Å²) >= 11 is 0. The first-order chi connectivity index (χ1) is 9.24. The van der Waals surface area contributed by atoms with E-state index in [9.17, 15) is 4.39 Å². The van der Waals surface area contributed by atoms with Crippen LogP contribution in [0.3, 0.4) is 0 Å². The molecule has 0 spiro atoms. The lowest BCUT2D eigenvalue weighted by Gasteiger charge is -2.26. The van der Waals surface area contributed by atoms with Crippen molar-refractivity contribution in [2.45, 2.75) is 18.8 Å². The second-order valence-corrected chi connectivity index (χ2v) is 5.01. The SMILES string of the molecule is CN1CCC(c2nc(-c3ccccc3F)no2)CC1. The Bertz CT molecular complexity index is 561. The van der Waals surface area contributed by atoms with Crippen LogP contribution >= 0.6 is 0 Å². The van der Waals surface area contributed by atoms with E-state index in [-0.39, 0.29) is 5.82 Å². The van der Waals surface area contributed by atoms with Gasteiger partial charge in [0.1, 0.15) is 5.82 Å². The van der Waals surface area contributed by atoms with Crippen molar-refractivity contribution in [2.75, 3.05) is 20.1 Å². The second kappa shape index (κ2) is 5.09. The van der Waals surface area contributed by atoms with E-state index in [0.717, 1.165) is 25.9 Å². The van der Waals surface area contributed by atoms with Crippen LogP contribution in [0.4, 0.5) is 4.39 Å². The maximum absolute atomic E-state index is 13.6. The van der Waals surface area contributed by atoms with Gasteiger partial charge in [-0.05, 0) is 45.1 Å². The van der Waals surface area contributed by atoms with Crippen LogP contribution in [-0.4, -0.2) is 35.2 Å². The third kappa shape index (κ3) is 2.51. The molecule has 4 nitrogen and oxygen atoms in total. The molecule has 0 aliphatic carbocycles. The summed E-state index contributed by atoms with van der Waals surface area (Å²) in [6, 6.07) is 6.49. The van der Waals surface area contributed by atoms with Crippen LogP contribution < -0.4 is 0 Å². The maximum Gasteiger partial charge on any atom is 0.230 e. The molecule has 2 aromatic rings. The highest BCUT2D eigenvalue weighted by Crippen LogP contribution is 2.28. The van der Waals surface area contributed by atoms with Gasteiger partial charge in [-0.2, -0.15) is 4.98 Å². The van der Waals surface area contributed by atoms with Gasteiger partial charge in [-0.1, -0.05) is 17.3 Å². The highest BCUT2D eigenvalue weighted by molar-refractivity contribution is 5.54. The van der Waals surface area contributed by atoms with E-state index in [2.05, 4.69) is 22.1 Å². The number of likely N-dealkylation sites (tertiary alicyclic amines) is 1. The van der Waals surface area contributed by atoms with E-state index < -0.39 is 0 Å². The summed E-state index contributed by atoms with van der Waals surface area (Å²) in [6.07, 6.45) is 2.02. The molecule has 1 aliphatic rings. The van der Waals surface area contributed by atoms with E-state index in [1.54, 1.807) is 18.2 Å². The molecular formula is C14H16FN3O. The van der Waals surface area contributed by atoms with E-state index in [1.165, 1.54) is 6.07 Å². The number of hydrogen-bond acceptors (Lipinski definition) is 4. The normalized spacial score (nSPS) is 17.8. The molecule has 100 valence electrons. The number of hydrogen-bond donors (Lipinski definition) is 0. The van der Waals surface area contributed by atoms with Gasteiger partial charge >= 0.3 is 0 Å². The first-order valence-electron chi connectivity index (χ1n) is 6.51. The number of benzene rings is 1. The first kappa shape index (κ1) is 12.3. The molecule has 1 aliphatic heterocycles. The molecule has 0 N–H and O–H groups in total. The van der Waals surface area contributed by atoms with Gasteiger partial charge in [-0.3, -0.25) is 0 Å². The molecular weight excluding hydrogens is 245 g/mol. The summed E-state index contributed by atoms with van der Waals surface area (Å²) < 4.78 is 19.0. The predicted molar refractivity (Wildman–Crippen MR) is 69.2 cm³/mol. The third-order valence-electron chi connectivity index (χ3n) is 3.62. The standard InChI is InChI=1S/C14H16FN3O/c1-18-8-6-10(7-9-18)14-16-13(17-19-14)11-4-2-3-5-12(11)15/h2-5,10H,6-9H2,1H3. The predicted octanol–water partition coefficient (Wildman–Crippen LogP) is 2.68. The highest BCUT2D eigenvalue weighted by atomic mass is 19.1. The molecule has 1 saturated heterocycles. The van der Waals surface area contributed by atoms with Gasteiger partial charge in [0.25, 0.3) is 0 Å². The quantitative estimate of drug-likeness (QED) is 0.833. The molecule has 19 heavy (non-hydrogen) atoms. The van der Waals surface area contributed by atoms with Crippen molar-refractivity contribution < 1.29 is 8.91 Å². The van der Waals surface area contributed by atoms with Crippen molar-refractivity contribution >= 4 is 0 Å². The monoisotopic (exact) mass is 261 g/mol. The Morgan fingerprint density at radius 1 is 1.26 bits per heavy atom. The molecule has 2 heterocycles. The minimum atomic E-state index is -0.321. The lowest BCUT2D eigenvalue weighted by atomic mass is 9.97. The van der Waals surface area contributed by atoms with Crippen LogP contribution in [0.15, 0.2) is 28.8 Å². The Kier molecular flexibility index (Phi) is 3.29. The average molecular weight is 261 g/mol. The van der Waals surface area contributed by atoms with Crippen molar-refractivity contribution in [1.29, 1.82) is 0 Å². The van der Waals surface area contributed by atoms with Crippen LogP contribution in [0.5, 0.6) is 0 Å². The molecule has 0 unspecified atom stereocenters. The topological polar surface area (TPSA) is 42.2 Å². The number of halogens is 1. The summed E-state index contributed by atoms with van der Waals surface area (Å²) in [5, 5.41) is 3.90. The summed E-state index contributed by atoms with van der Waals surface area (Å²) in [5.74, 6) is 0.945. The van der Waals surface area contributed by atoms with Crippen LogP contribution in [0.1, 0.15) is 24.7 Å². The smallest absolute Gasteiger partial charge is 0.230 e. The van der Waals surface area contributed by atoms with E-state index in [0.29, 0.717) is 23.2 Å². The fourth-order valence-electron chi connectivity index (χ4n) is 2.41. The van der Waals surface area contributed by atoms with Gasteiger partial charge in [0.05, 0.1) is 5.56 Å². The fraction of sp³-hybridized carbons (Fsp3) is 0.429. The largest absolute Gasteiger partial charge is 0.339 e. The maximum atomic E-state index is 13.6. The second-order valence-electron chi connectivity index (χ2n) is 5.01. The third-order valence-corrected chi connectivity index (χ3v) is 3.62. The zero-order valence-corrected chi connectivity index (χ0v) is 10.8. The van der Waals surface area contributed by atoms with Gasteiger partial charge in [0, 0.05) is 5.92 Å². The molecule has 5 heteroatoms. The van der Waals surface area contributed by atoms with Crippen molar-refractivity contribution in [3.8, 4) is 11.4 Å². The van der Waals surface area contributed by atoms with Crippen LogP contribution in [0.25, 0.3) is 11.4 Å². The molecule has 3 rings (SSSR count). The van der Waals surface area contributed by atoms with Crippen molar-refractivity contribution in [3.63, 3.8) is 0 Å². The molecule has 1 aromatic carbocycles. The zero-order valence-electron chi connectivity index (χ0n) is 10.8. The Balaban J connectivity index is 1.82. The molecule has 1 aromatic heterocycles. The lowest BCUT2D eigenvalue weighted by Crippen LogP contribution is -2.29. The fourth-order valence-corrected chi connectivity index (χ4v) is 2.41. The van der Waals surface area contributed by atoms with Gasteiger partial charge in [0.2, 0.25) is 11.7 Å². The average Bonchev–Trinajstić information content (AvgIpc) is 2.89. The number of aromatic nitrogens is 2. The molecule has 0 saturated carbocycles. The van der Waals surface area contributed by atoms with Crippen LogP contribution in [0, 0.1) is 5.82 Å².